The molecule has 0 aliphatic carbocycles. The summed E-state index contributed by atoms with van der Waals surface area (Å²) in [5, 5.41) is 15.7. The van der Waals surface area contributed by atoms with Crippen molar-refractivity contribution in [2.45, 2.75) is 0 Å². The van der Waals surface area contributed by atoms with E-state index >= 15 is 0 Å². The van der Waals surface area contributed by atoms with Crippen molar-refractivity contribution in [1.82, 2.24) is 13.4 Å². The Morgan fingerprint density at radius 3 is 1.53 bits per heavy atom. The van der Waals surface area contributed by atoms with Gasteiger partial charge in [0.1, 0.15) is 0 Å². The van der Waals surface area contributed by atoms with E-state index in [1.807, 2.05) is 0 Å². The number of fused-ring (bicyclic) bond motifs is 18. The van der Waals surface area contributed by atoms with Crippen molar-refractivity contribution in [3.05, 3.63) is 176 Å². The van der Waals surface area contributed by atoms with Crippen LogP contribution in [0.4, 0.5) is 0 Å². The Morgan fingerprint density at radius 2 is 0.782 bits per heavy atom. The molecule has 0 radical (unpaired) electrons. The molecule has 5 heterocycles. The number of aromatic nitrogens is 3. The van der Waals surface area contributed by atoms with Crippen LogP contribution in [0.1, 0.15) is 0 Å². The van der Waals surface area contributed by atoms with Gasteiger partial charge < -0.3 is 13.4 Å². The van der Waals surface area contributed by atoms with Crippen LogP contribution in [0, 0.1) is 0 Å². The van der Waals surface area contributed by atoms with Gasteiger partial charge in [0.2, 0.25) is 0 Å². The zero-order chi connectivity index (χ0) is 35.5. The maximum atomic E-state index is 2.56. The van der Waals surface area contributed by atoms with Gasteiger partial charge in [-0.2, -0.15) is 0 Å². The molecule has 0 aliphatic rings. The molecule has 252 valence electrons. The molecule has 0 fully saturated rings. The number of rotatable bonds is 2. The molecule has 55 heavy (non-hydrogen) atoms. The van der Waals surface area contributed by atoms with Crippen molar-refractivity contribution < 1.29 is 0 Å². The molecule has 0 bridgehead atoms. The first kappa shape index (κ1) is 28.2. The van der Waals surface area contributed by atoms with Crippen LogP contribution in [-0.4, -0.2) is 13.4 Å². The van der Waals surface area contributed by atoms with E-state index in [0.717, 1.165) is 0 Å². The quantitative estimate of drug-likeness (QED) is 0.171. The van der Waals surface area contributed by atoms with E-state index in [1.54, 1.807) is 0 Å². The van der Waals surface area contributed by atoms with E-state index in [9.17, 15) is 0 Å². The van der Waals surface area contributed by atoms with Gasteiger partial charge in [0.15, 0.2) is 0 Å². The third kappa shape index (κ3) is 3.31. The van der Waals surface area contributed by atoms with Gasteiger partial charge in [-0.25, -0.2) is 0 Å². The van der Waals surface area contributed by atoms with E-state index in [-0.39, 0.29) is 0 Å². The van der Waals surface area contributed by atoms with Crippen molar-refractivity contribution in [2.75, 3.05) is 0 Å². The molecular weight excluding hydrogens is 667 g/mol. The van der Waals surface area contributed by atoms with Crippen LogP contribution in [0.2, 0.25) is 0 Å². The van der Waals surface area contributed by atoms with Crippen molar-refractivity contribution >= 4 is 109 Å². The first-order valence-electron chi connectivity index (χ1n) is 19.1. The van der Waals surface area contributed by atoms with Crippen LogP contribution in [0.25, 0.3) is 126 Å². The molecule has 0 atom stereocenters. The second-order valence-electron chi connectivity index (χ2n) is 15.2. The molecule has 3 nitrogen and oxygen atoms in total. The zero-order valence-corrected chi connectivity index (χ0v) is 29.6. The molecule has 14 aromatic rings. The lowest BCUT2D eigenvalue weighted by atomic mass is 9.97. The third-order valence-corrected chi connectivity index (χ3v) is 12.7. The lowest BCUT2D eigenvalue weighted by Gasteiger charge is -2.10. The molecule has 0 saturated heterocycles. The lowest BCUT2D eigenvalue weighted by molar-refractivity contribution is 1.18. The van der Waals surface area contributed by atoms with Crippen LogP contribution in [0.5, 0.6) is 0 Å². The first-order chi connectivity index (χ1) is 27.3. The topological polar surface area (TPSA) is 13.8 Å². The Hall–Kier alpha value is -7.36. The molecule has 0 unspecified atom stereocenters. The number of hydrogen-bond donors (Lipinski definition) is 0. The Balaban J connectivity index is 1.08. The molecule has 5 aromatic heterocycles. The zero-order valence-electron chi connectivity index (χ0n) is 29.6. The minimum Gasteiger partial charge on any atom is -0.309 e. The average Bonchev–Trinajstić information content (AvgIpc) is 4.04. The molecular formula is C52H29N3. The average molecular weight is 696 g/mol. The molecule has 14 rings (SSSR count). The number of para-hydroxylation sites is 6. The molecule has 0 spiro atoms. The van der Waals surface area contributed by atoms with Crippen LogP contribution in [0.15, 0.2) is 176 Å². The fraction of sp³-hybridized carbons (Fsp3) is 0. The van der Waals surface area contributed by atoms with Gasteiger partial charge in [-0.05, 0) is 64.9 Å². The molecule has 3 heteroatoms. The highest BCUT2D eigenvalue weighted by molar-refractivity contribution is 6.35. The summed E-state index contributed by atoms with van der Waals surface area (Å²) < 4.78 is 7.44. The second-order valence-corrected chi connectivity index (χ2v) is 15.2. The normalized spacial score (nSPS) is 12.7. The number of benzene rings is 9. The summed E-state index contributed by atoms with van der Waals surface area (Å²) in [5.74, 6) is 0. The predicted molar refractivity (Wildman–Crippen MR) is 233 cm³/mol. The maximum Gasteiger partial charge on any atom is 0.0620 e. The van der Waals surface area contributed by atoms with Crippen molar-refractivity contribution in [3.8, 4) is 16.8 Å². The third-order valence-electron chi connectivity index (χ3n) is 12.7. The first-order valence-corrected chi connectivity index (χ1v) is 19.1. The lowest BCUT2D eigenvalue weighted by Crippen LogP contribution is -1.93. The summed E-state index contributed by atoms with van der Waals surface area (Å²) in [6, 6.07) is 65.5. The largest absolute Gasteiger partial charge is 0.309 e. The van der Waals surface area contributed by atoms with Crippen LogP contribution in [0.3, 0.4) is 0 Å². The Kier molecular flexibility index (Phi) is 5.01. The van der Waals surface area contributed by atoms with Gasteiger partial charge in [-0.3, -0.25) is 0 Å². The van der Waals surface area contributed by atoms with Gasteiger partial charge in [0, 0.05) is 65.1 Å². The number of hydrogen-bond acceptors (Lipinski definition) is 0. The SMILES string of the molecule is c1ccc(-n2c3ccccc3c3cc(-c4cccc5c6cccc7c8c9ccc%10c(c9ccc8n(c45)c67)c4cccc5c6ccccc6n%10c54)ccc32)cc1. The van der Waals surface area contributed by atoms with Gasteiger partial charge in [-0.1, -0.05) is 127 Å². The Labute approximate surface area is 313 Å². The summed E-state index contributed by atoms with van der Waals surface area (Å²) in [6.07, 6.45) is 0. The highest BCUT2D eigenvalue weighted by atomic mass is 15.0. The summed E-state index contributed by atoms with van der Waals surface area (Å²) in [4.78, 5) is 0. The van der Waals surface area contributed by atoms with Gasteiger partial charge in [-0.15, -0.1) is 0 Å². The summed E-state index contributed by atoms with van der Waals surface area (Å²) in [5.41, 5.74) is 13.8. The van der Waals surface area contributed by atoms with E-state index in [2.05, 4.69) is 189 Å². The highest BCUT2D eigenvalue weighted by Crippen LogP contribution is 2.47. The summed E-state index contributed by atoms with van der Waals surface area (Å²) in [6.45, 7) is 0. The molecule has 0 N–H and O–H groups in total. The molecule has 0 saturated carbocycles. The van der Waals surface area contributed by atoms with E-state index < -0.39 is 0 Å². The standard InChI is InChI=1S/C52H29N3/c1-2-11-31(12-3-1)53-43-21-6-5-14-34(43)42-29-30(23-26-45(42)53)32-15-8-17-38-39-18-10-20-41-49-36-24-27-46-48(35(36)25-28-47(49)55(50(32)38)52(39)41)40-19-9-16-37-33-13-4-7-22-44(33)54(46)51(37)40/h1-29H. The number of nitrogens with zero attached hydrogens (tertiary/aromatic N) is 3. The summed E-state index contributed by atoms with van der Waals surface area (Å²) >= 11 is 0. The van der Waals surface area contributed by atoms with Crippen LogP contribution >= 0.6 is 0 Å². The van der Waals surface area contributed by atoms with Crippen LogP contribution < -0.4 is 0 Å². The van der Waals surface area contributed by atoms with Gasteiger partial charge in [0.25, 0.3) is 0 Å². The molecule has 9 aromatic carbocycles. The Morgan fingerprint density at radius 1 is 0.273 bits per heavy atom. The minimum absolute atomic E-state index is 1.18. The van der Waals surface area contributed by atoms with Crippen molar-refractivity contribution in [1.29, 1.82) is 0 Å². The smallest absolute Gasteiger partial charge is 0.0620 e. The Bertz CT molecular complexity index is 3930. The second kappa shape index (κ2) is 9.79. The minimum atomic E-state index is 1.18. The monoisotopic (exact) mass is 695 g/mol. The van der Waals surface area contributed by atoms with Crippen molar-refractivity contribution in [2.24, 2.45) is 0 Å². The van der Waals surface area contributed by atoms with E-state index in [4.69, 9.17) is 0 Å². The maximum absolute atomic E-state index is 2.56. The van der Waals surface area contributed by atoms with E-state index in [0.29, 0.717) is 0 Å². The van der Waals surface area contributed by atoms with Gasteiger partial charge in [0.05, 0.1) is 44.1 Å². The van der Waals surface area contributed by atoms with E-state index in [1.165, 1.54) is 126 Å². The fourth-order valence-corrected chi connectivity index (χ4v) is 10.6. The van der Waals surface area contributed by atoms with Gasteiger partial charge >= 0.3 is 0 Å². The van der Waals surface area contributed by atoms with Crippen LogP contribution in [-0.2, 0) is 0 Å². The molecule has 0 aliphatic heterocycles. The predicted octanol–water partition coefficient (Wildman–Crippen LogP) is 13.9. The molecule has 0 amide bonds. The van der Waals surface area contributed by atoms with Crippen molar-refractivity contribution in [3.63, 3.8) is 0 Å². The highest BCUT2D eigenvalue weighted by Gasteiger charge is 2.24. The fourth-order valence-electron chi connectivity index (χ4n) is 10.6. The summed E-state index contributed by atoms with van der Waals surface area (Å²) in [7, 11) is 0.